The number of esters is 1. The third-order valence-corrected chi connectivity index (χ3v) is 6.04. The van der Waals surface area contributed by atoms with Crippen LogP contribution in [0.2, 0.25) is 0 Å². The number of carbonyl (C=O) groups excluding carboxylic acids is 2. The van der Waals surface area contributed by atoms with E-state index in [1.807, 2.05) is 112 Å². The van der Waals surface area contributed by atoms with Gasteiger partial charge in [-0.2, -0.15) is 12.6 Å². The zero-order valence-electron chi connectivity index (χ0n) is 22.5. The summed E-state index contributed by atoms with van der Waals surface area (Å²) in [4.78, 5) is 29.5. The van der Waals surface area contributed by atoms with Crippen molar-refractivity contribution in [2.24, 2.45) is 0 Å². The molecule has 0 spiro atoms. The summed E-state index contributed by atoms with van der Waals surface area (Å²) in [6.07, 6.45) is -0.644. The van der Waals surface area contributed by atoms with Gasteiger partial charge < -0.3 is 9.47 Å². The summed E-state index contributed by atoms with van der Waals surface area (Å²) >= 11 is 4.57. The fourth-order valence-corrected chi connectivity index (χ4v) is 4.71. The molecular formula is C31H37NO4S. The van der Waals surface area contributed by atoms with Gasteiger partial charge in [0, 0.05) is 5.75 Å². The van der Waals surface area contributed by atoms with E-state index in [0.717, 1.165) is 16.7 Å². The van der Waals surface area contributed by atoms with Gasteiger partial charge in [-0.15, -0.1) is 0 Å². The van der Waals surface area contributed by atoms with Crippen LogP contribution in [0.25, 0.3) is 0 Å². The molecule has 1 atom stereocenters. The second kappa shape index (κ2) is 11.4. The van der Waals surface area contributed by atoms with Crippen molar-refractivity contribution in [3.8, 4) is 0 Å². The minimum absolute atomic E-state index is 0.0302. The van der Waals surface area contributed by atoms with Crippen molar-refractivity contribution in [3.05, 3.63) is 108 Å². The number of hydrogen-bond acceptors (Lipinski definition) is 5. The molecule has 5 nitrogen and oxygen atoms in total. The van der Waals surface area contributed by atoms with Crippen molar-refractivity contribution >= 4 is 24.7 Å². The van der Waals surface area contributed by atoms with Gasteiger partial charge in [0.1, 0.15) is 22.8 Å². The Kier molecular flexibility index (Phi) is 8.75. The van der Waals surface area contributed by atoms with Crippen LogP contribution in [0.4, 0.5) is 4.79 Å². The molecule has 0 aromatic heterocycles. The number of rotatable bonds is 7. The molecule has 0 bridgehead atoms. The molecule has 0 fully saturated rings. The van der Waals surface area contributed by atoms with Gasteiger partial charge in [-0.1, -0.05) is 91.0 Å². The third-order valence-electron chi connectivity index (χ3n) is 5.69. The Morgan fingerprint density at radius 2 is 1.03 bits per heavy atom. The van der Waals surface area contributed by atoms with E-state index in [2.05, 4.69) is 12.6 Å². The molecule has 1 amide bonds. The quantitative estimate of drug-likeness (QED) is 0.211. The number of benzene rings is 3. The van der Waals surface area contributed by atoms with Crippen molar-refractivity contribution in [2.75, 3.05) is 5.75 Å². The largest absolute Gasteiger partial charge is 0.458 e. The molecule has 0 aliphatic heterocycles. The van der Waals surface area contributed by atoms with Crippen LogP contribution in [0.15, 0.2) is 91.0 Å². The van der Waals surface area contributed by atoms with E-state index in [-0.39, 0.29) is 5.75 Å². The lowest BCUT2D eigenvalue weighted by molar-refractivity contribution is -0.161. The van der Waals surface area contributed by atoms with Crippen LogP contribution < -0.4 is 0 Å². The van der Waals surface area contributed by atoms with E-state index in [0.29, 0.717) is 0 Å². The van der Waals surface area contributed by atoms with Gasteiger partial charge >= 0.3 is 12.1 Å². The Balaban J connectivity index is 2.45. The molecule has 6 heteroatoms. The van der Waals surface area contributed by atoms with E-state index >= 15 is 0 Å². The monoisotopic (exact) mass is 519 g/mol. The predicted molar refractivity (Wildman–Crippen MR) is 151 cm³/mol. The van der Waals surface area contributed by atoms with E-state index < -0.39 is 34.8 Å². The van der Waals surface area contributed by atoms with Gasteiger partial charge in [0.25, 0.3) is 0 Å². The molecule has 0 saturated heterocycles. The lowest BCUT2D eigenvalue weighted by Gasteiger charge is -2.48. The van der Waals surface area contributed by atoms with Crippen molar-refractivity contribution in [2.45, 2.75) is 64.3 Å². The van der Waals surface area contributed by atoms with Crippen molar-refractivity contribution in [3.63, 3.8) is 0 Å². The van der Waals surface area contributed by atoms with Crippen molar-refractivity contribution in [1.29, 1.82) is 0 Å². The molecule has 0 heterocycles. The van der Waals surface area contributed by atoms with E-state index in [4.69, 9.17) is 9.47 Å². The van der Waals surface area contributed by atoms with Crippen LogP contribution in [0.3, 0.4) is 0 Å². The van der Waals surface area contributed by atoms with Crippen LogP contribution in [-0.2, 0) is 19.8 Å². The van der Waals surface area contributed by atoms with E-state index in [1.165, 1.54) is 4.90 Å². The first-order valence-corrected chi connectivity index (χ1v) is 13.1. The molecule has 37 heavy (non-hydrogen) atoms. The predicted octanol–water partition coefficient (Wildman–Crippen LogP) is 6.86. The maximum Gasteiger partial charge on any atom is 0.412 e. The fourth-order valence-electron chi connectivity index (χ4n) is 4.40. The summed E-state index contributed by atoms with van der Waals surface area (Å²) in [5.41, 5.74) is -0.389. The highest BCUT2D eigenvalue weighted by atomic mass is 32.1. The lowest BCUT2D eigenvalue weighted by atomic mass is 9.75. The average Bonchev–Trinajstić information content (AvgIpc) is 2.84. The average molecular weight is 520 g/mol. The third kappa shape index (κ3) is 6.55. The normalized spacial score (nSPS) is 12.9. The molecule has 0 unspecified atom stereocenters. The van der Waals surface area contributed by atoms with Crippen LogP contribution in [-0.4, -0.2) is 40.0 Å². The first-order valence-electron chi connectivity index (χ1n) is 12.4. The first kappa shape index (κ1) is 28.3. The highest BCUT2D eigenvalue weighted by molar-refractivity contribution is 7.80. The second-order valence-corrected chi connectivity index (χ2v) is 11.3. The highest BCUT2D eigenvalue weighted by Gasteiger charge is 2.51. The summed E-state index contributed by atoms with van der Waals surface area (Å²) in [6.45, 7) is 10.8. The topological polar surface area (TPSA) is 55.8 Å². The van der Waals surface area contributed by atoms with Crippen LogP contribution in [0.5, 0.6) is 0 Å². The molecule has 3 aromatic carbocycles. The van der Waals surface area contributed by atoms with Gasteiger partial charge in [-0.25, -0.2) is 9.59 Å². The molecule has 0 N–H and O–H groups in total. The molecule has 0 aliphatic rings. The fraction of sp³-hybridized carbons (Fsp3) is 0.355. The lowest BCUT2D eigenvalue weighted by Crippen LogP contribution is -2.60. The maximum atomic E-state index is 14.3. The van der Waals surface area contributed by atoms with Gasteiger partial charge in [0.05, 0.1) is 0 Å². The number of nitrogens with zero attached hydrogens (tertiary/aromatic N) is 1. The van der Waals surface area contributed by atoms with Crippen molar-refractivity contribution in [1.82, 2.24) is 4.90 Å². The molecule has 3 aromatic rings. The second-order valence-electron chi connectivity index (χ2n) is 10.9. The minimum Gasteiger partial charge on any atom is -0.458 e. The molecule has 0 radical (unpaired) electrons. The van der Waals surface area contributed by atoms with E-state index in [9.17, 15) is 9.59 Å². The Morgan fingerprint density at radius 1 is 0.676 bits per heavy atom. The smallest absolute Gasteiger partial charge is 0.412 e. The van der Waals surface area contributed by atoms with Crippen LogP contribution in [0, 0.1) is 0 Å². The summed E-state index contributed by atoms with van der Waals surface area (Å²) in [7, 11) is 0. The Morgan fingerprint density at radius 3 is 1.32 bits per heavy atom. The number of carbonyl (C=O) groups is 2. The molecule has 0 saturated carbocycles. The molecular weight excluding hydrogens is 482 g/mol. The summed E-state index contributed by atoms with van der Waals surface area (Å²) in [5, 5.41) is 0. The summed E-state index contributed by atoms with van der Waals surface area (Å²) < 4.78 is 11.8. The Hall–Kier alpha value is -3.25. The first-order chi connectivity index (χ1) is 17.4. The van der Waals surface area contributed by atoms with Gasteiger partial charge in [0.2, 0.25) is 0 Å². The SMILES string of the molecule is CC(C)(C)OC(=O)[C@@H](CS)N(C(=O)OC(C)(C)C)C(c1ccccc1)(c1ccccc1)c1ccccc1. The summed E-state index contributed by atoms with van der Waals surface area (Å²) in [6, 6.07) is 28.0. The molecule has 0 aliphatic carbocycles. The zero-order chi connectivity index (χ0) is 27.3. The van der Waals surface area contributed by atoms with Gasteiger partial charge in [-0.3, -0.25) is 4.90 Å². The highest BCUT2D eigenvalue weighted by Crippen LogP contribution is 2.44. The van der Waals surface area contributed by atoms with Crippen LogP contribution in [0.1, 0.15) is 58.2 Å². The zero-order valence-corrected chi connectivity index (χ0v) is 23.4. The van der Waals surface area contributed by atoms with Gasteiger partial charge in [0.15, 0.2) is 0 Å². The van der Waals surface area contributed by atoms with E-state index in [1.54, 1.807) is 20.8 Å². The number of hydrogen-bond donors (Lipinski definition) is 1. The standard InChI is InChI=1S/C31H37NO4S/c1-29(2,3)35-27(33)26(22-37)32(28(34)36-30(4,5)6)31(23-16-10-7-11-17-23,24-18-12-8-13-19-24)25-20-14-9-15-21-25/h7-21,26,37H,22H2,1-6H3/t26-/m1/s1. The number of amides is 1. The Labute approximate surface area is 226 Å². The molecule has 3 rings (SSSR count). The summed E-state index contributed by atoms with van der Waals surface area (Å²) in [5.74, 6) is -0.525. The Bertz CT molecular complexity index is 1070. The van der Waals surface area contributed by atoms with Crippen LogP contribution >= 0.6 is 12.6 Å². The molecule has 196 valence electrons. The minimum atomic E-state index is -1.23. The number of thiol groups is 1. The maximum absolute atomic E-state index is 14.3. The number of ether oxygens (including phenoxy) is 2. The van der Waals surface area contributed by atoms with Gasteiger partial charge in [-0.05, 0) is 58.2 Å². The van der Waals surface area contributed by atoms with Crippen molar-refractivity contribution < 1.29 is 19.1 Å².